The number of benzene rings is 1. The second-order valence-corrected chi connectivity index (χ2v) is 8.34. The fourth-order valence-electron chi connectivity index (χ4n) is 2.92. The van der Waals surface area contributed by atoms with Crippen molar-refractivity contribution in [2.24, 2.45) is 5.92 Å². The lowest BCUT2D eigenvalue weighted by molar-refractivity contribution is -0.362. The molecule has 0 aromatic heterocycles. The minimum atomic E-state index is -7.58. The minimum absolute atomic E-state index is 0.435. The molecule has 0 spiro atoms. The first-order valence-corrected chi connectivity index (χ1v) is 9.65. The number of halogens is 21. The lowest BCUT2D eigenvalue weighted by Gasteiger charge is -2.36. The van der Waals surface area contributed by atoms with Crippen molar-refractivity contribution in [2.45, 2.75) is 67.9 Å². The Bertz CT molecular complexity index is 1010. The van der Waals surface area contributed by atoms with Crippen molar-refractivity contribution in [3.8, 4) is 0 Å². The molecule has 0 N–H and O–H groups in total. The molecule has 0 nitrogen and oxygen atoms in total. The highest BCUT2D eigenvalue weighted by Crippen LogP contribution is 2.59. The van der Waals surface area contributed by atoms with Crippen molar-refractivity contribution in [1.29, 1.82) is 0 Å². The second-order valence-electron chi connectivity index (χ2n) is 8.34. The van der Waals surface area contributed by atoms with E-state index in [1.807, 2.05) is 0 Å². The summed E-state index contributed by atoms with van der Waals surface area (Å²) >= 11 is 0. The molecule has 0 aliphatic heterocycles. The maximum Gasteiger partial charge on any atom is 0.460 e. The maximum atomic E-state index is 14.5. The zero-order valence-electron chi connectivity index (χ0n) is 18.7. The van der Waals surface area contributed by atoms with Crippen LogP contribution in [0.4, 0.5) is 92.2 Å². The van der Waals surface area contributed by atoms with Gasteiger partial charge < -0.3 is 0 Å². The molecule has 0 saturated carbocycles. The molecule has 0 amide bonds. The molecular formula is C19H10F21. The standard InChI is InChI=1S/C19H10F21/c1-6(2)3-8-9(12(22,23)15(28,29)18(35,36)37)4-7(11(20,21)14(26,27)17(32,33)34)5-10(8)13(24,25)16(30,31)19(38,39)40/h3-6H,1-2H3. The van der Waals surface area contributed by atoms with Crippen molar-refractivity contribution in [1.82, 2.24) is 0 Å². The molecule has 0 heterocycles. The van der Waals surface area contributed by atoms with E-state index >= 15 is 0 Å². The molecule has 1 aromatic rings. The van der Waals surface area contributed by atoms with E-state index in [1.54, 1.807) is 0 Å². The summed E-state index contributed by atoms with van der Waals surface area (Å²) in [6.45, 7) is 1.24. The molecular weight excluding hydrogens is 627 g/mol. The van der Waals surface area contributed by atoms with Crippen LogP contribution in [0.3, 0.4) is 0 Å². The van der Waals surface area contributed by atoms with Crippen molar-refractivity contribution in [2.75, 3.05) is 0 Å². The lowest BCUT2D eigenvalue weighted by atomic mass is 9.81. The van der Waals surface area contributed by atoms with Crippen LogP contribution in [0, 0.1) is 12.3 Å². The molecule has 0 aliphatic carbocycles. The van der Waals surface area contributed by atoms with E-state index in [2.05, 4.69) is 0 Å². The first kappa shape index (κ1) is 35.8. The van der Waals surface area contributed by atoms with Crippen LogP contribution in [0.5, 0.6) is 0 Å². The molecule has 40 heavy (non-hydrogen) atoms. The highest BCUT2D eigenvalue weighted by Gasteiger charge is 2.78. The smallest absolute Gasteiger partial charge is 0.194 e. The fourth-order valence-corrected chi connectivity index (χ4v) is 2.92. The Hall–Kier alpha value is -2.25. The molecule has 0 atom stereocenters. The van der Waals surface area contributed by atoms with Gasteiger partial charge in [0.25, 0.3) is 0 Å². The first-order chi connectivity index (χ1) is 17.1. The van der Waals surface area contributed by atoms with Crippen molar-refractivity contribution in [3.05, 3.63) is 40.8 Å². The lowest BCUT2D eigenvalue weighted by Crippen LogP contribution is -2.53. The zero-order valence-corrected chi connectivity index (χ0v) is 18.7. The van der Waals surface area contributed by atoms with Gasteiger partial charge in [-0.25, -0.2) is 0 Å². The van der Waals surface area contributed by atoms with Crippen LogP contribution in [-0.2, 0) is 17.8 Å². The Balaban J connectivity index is 4.57. The SMILES string of the molecule is CC(C)[CH]c1c(C(F)(F)C(F)(F)C(F)(F)F)cc(C(F)(F)C(F)(F)C(F)(F)F)cc1C(F)(F)C(F)(F)C(F)(F)F. The van der Waals surface area contributed by atoms with Gasteiger partial charge in [-0.05, 0) is 30.0 Å². The molecule has 0 saturated heterocycles. The van der Waals surface area contributed by atoms with Gasteiger partial charge in [0.1, 0.15) is 0 Å². The van der Waals surface area contributed by atoms with Crippen LogP contribution < -0.4 is 0 Å². The summed E-state index contributed by atoms with van der Waals surface area (Å²) in [5.74, 6) is -46.2. The topological polar surface area (TPSA) is 0 Å². The Kier molecular flexibility index (Phi) is 8.63. The maximum absolute atomic E-state index is 14.5. The number of alkyl halides is 21. The Labute approximate surface area is 208 Å². The second kappa shape index (κ2) is 9.65. The Morgan fingerprint density at radius 3 is 0.925 bits per heavy atom. The number of hydrogen-bond acceptors (Lipinski definition) is 0. The average Bonchev–Trinajstić information content (AvgIpc) is 2.69. The molecule has 0 fully saturated rings. The highest BCUT2D eigenvalue weighted by atomic mass is 19.4. The molecule has 1 radical (unpaired) electrons. The molecule has 21 heteroatoms. The van der Waals surface area contributed by atoms with Gasteiger partial charge in [-0.15, -0.1) is 0 Å². The van der Waals surface area contributed by atoms with Crippen molar-refractivity contribution < 1.29 is 92.2 Å². The van der Waals surface area contributed by atoms with Crippen LogP contribution in [0.15, 0.2) is 12.1 Å². The van der Waals surface area contributed by atoms with Crippen LogP contribution in [-0.4, -0.2) is 36.3 Å². The third kappa shape index (κ3) is 5.36. The van der Waals surface area contributed by atoms with E-state index in [4.69, 9.17) is 0 Å². The van der Waals surface area contributed by atoms with Gasteiger partial charge in [0.2, 0.25) is 0 Å². The van der Waals surface area contributed by atoms with Gasteiger partial charge in [-0.2, -0.15) is 92.2 Å². The van der Waals surface area contributed by atoms with E-state index in [0.29, 0.717) is 13.8 Å². The van der Waals surface area contributed by atoms with E-state index in [1.165, 1.54) is 0 Å². The largest absolute Gasteiger partial charge is 0.460 e. The molecule has 233 valence electrons. The summed E-state index contributed by atoms with van der Waals surface area (Å²) in [5, 5.41) is 0. The molecule has 1 rings (SSSR count). The highest BCUT2D eigenvalue weighted by molar-refractivity contribution is 5.51. The monoisotopic (exact) mass is 637 g/mol. The van der Waals surface area contributed by atoms with Gasteiger partial charge in [0, 0.05) is 16.7 Å². The predicted octanol–water partition coefficient (Wildman–Crippen LogP) is 9.76. The van der Waals surface area contributed by atoms with Crippen LogP contribution in [0.2, 0.25) is 0 Å². The van der Waals surface area contributed by atoms with Crippen molar-refractivity contribution in [3.63, 3.8) is 0 Å². The number of rotatable bonds is 8. The van der Waals surface area contributed by atoms with Gasteiger partial charge in [0.15, 0.2) is 0 Å². The molecule has 0 unspecified atom stereocenters. The Morgan fingerprint density at radius 1 is 0.450 bits per heavy atom. The van der Waals surface area contributed by atoms with Crippen molar-refractivity contribution >= 4 is 0 Å². The van der Waals surface area contributed by atoms with Crippen LogP contribution in [0.25, 0.3) is 0 Å². The van der Waals surface area contributed by atoms with E-state index in [0.717, 1.165) is 0 Å². The molecule has 1 aromatic carbocycles. The summed E-state index contributed by atoms with van der Waals surface area (Å²) < 4.78 is 282. The zero-order chi connectivity index (χ0) is 32.5. The minimum Gasteiger partial charge on any atom is -0.194 e. The molecule has 0 aliphatic rings. The first-order valence-electron chi connectivity index (χ1n) is 9.65. The summed E-state index contributed by atoms with van der Waals surface area (Å²) in [5.41, 5.74) is -13.8. The van der Waals surface area contributed by atoms with Gasteiger partial charge in [-0.3, -0.25) is 0 Å². The van der Waals surface area contributed by atoms with E-state index in [-0.39, 0.29) is 0 Å². The van der Waals surface area contributed by atoms with Gasteiger partial charge in [0.05, 0.1) is 0 Å². The summed E-state index contributed by atoms with van der Waals surface area (Å²) in [6, 6.07) is -3.36. The summed E-state index contributed by atoms with van der Waals surface area (Å²) in [7, 11) is 0. The van der Waals surface area contributed by atoms with Crippen LogP contribution >= 0.6 is 0 Å². The molecule has 0 bridgehead atoms. The van der Waals surface area contributed by atoms with E-state index in [9.17, 15) is 92.2 Å². The third-order valence-corrected chi connectivity index (χ3v) is 4.97. The number of hydrogen-bond donors (Lipinski definition) is 0. The van der Waals surface area contributed by atoms with Gasteiger partial charge >= 0.3 is 54.1 Å². The summed E-state index contributed by atoms with van der Waals surface area (Å²) in [4.78, 5) is 0. The van der Waals surface area contributed by atoms with Gasteiger partial charge in [-0.1, -0.05) is 13.8 Å². The third-order valence-electron chi connectivity index (χ3n) is 4.97. The quantitative estimate of drug-likeness (QED) is 0.249. The van der Waals surface area contributed by atoms with E-state index < -0.39 is 101 Å². The summed E-state index contributed by atoms with van der Waals surface area (Å²) in [6.07, 6.45) is -22.8. The van der Waals surface area contributed by atoms with Crippen LogP contribution in [0.1, 0.15) is 36.1 Å². The Morgan fingerprint density at radius 2 is 0.700 bits per heavy atom. The predicted molar refractivity (Wildman–Crippen MR) is 89.4 cm³/mol. The fraction of sp³-hybridized carbons (Fsp3) is 0.632. The average molecular weight is 637 g/mol. The normalized spacial score (nSPS) is 15.7.